The normalized spacial score (nSPS) is 10.4. The standard InChI is InChI=1S/C24H19N5O7/c30-23(34-16-28-22(25-26-27-28)14-17-4-2-1-3-5-17)15-18-6-10-20(11-7-18)35-24(31)36-21-12-8-19(9-13-21)29(32)33/h1-13H,14-16H2. The van der Waals surface area contributed by atoms with Gasteiger partial charge in [-0.05, 0) is 45.8 Å². The largest absolute Gasteiger partial charge is 0.519 e. The van der Waals surface area contributed by atoms with Gasteiger partial charge in [0.15, 0.2) is 12.6 Å². The molecule has 0 atom stereocenters. The quantitative estimate of drug-likeness (QED) is 0.148. The van der Waals surface area contributed by atoms with Crippen LogP contribution in [0.5, 0.6) is 11.5 Å². The summed E-state index contributed by atoms with van der Waals surface area (Å²) in [5.74, 6) is 0.372. The van der Waals surface area contributed by atoms with Crippen LogP contribution in [-0.2, 0) is 29.1 Å². The van der Waals surface area contributed by atoms with Crippen LogP contribution in [0, 0.1) is 10.1 Å². The second kappa shape index (κ2) is 11.3. The van der Waals surface area contributed by atoms with E-state index in [2.05, 4.69) is 15.5 Å². The molecule has 0 bridgehead atoms. The van der Waals surface area contributed by atoms with Gasteiger partial charge in [-0.3, -0.25) is 14.9 Å². The number of hydrogen-bond donors (Lipinski definition) is 0. The number of benzene rings is 3. The van der Waals surface area contributed by atoms with Gasteiger partial charge in [0.25, 0.3) is 5.69 Å². The Kier molecular flexibility index (Phi) is 7.56. The van der Waals surface area contributed by atoms with Gasteiger partial charge in [-0.2, -0.15) is 4.68 Å². The van der Waals surface area contributed by atoms with Crippen molar-refractivity contribution in [1.29, 1.82) is 0 Å². The van der Waals surface area contributed by atoms with Crippen molar-refractivity contribution in [2.24, 2.45) is 0 Å². The Bertz CT molecular complexity index is 1340. The van der Waals surface area contributed by atoms with Crippen LogP contribution in [0.3, 0.4) is 0 Å². The van der Waals surface area contributed by atoms with Crippen LogP contribution in [0.2, 0.25) is 0 Å². The van der Waals surface area contributed by atoms with E-state index in [0.29, 0.717) is 17.8 Å². The highest BCUT2D eigenvalue weighted by atomic mass is 16.7. The molecule has 1 heterocycles. The van der Waals surface area contributed by atoms with Gasteiger partial charge in [0.1, 0.15) is 11.5 Å². The average molecular weight is 489 g/mol. The van der Waals surface area contributed by atoms with Crippen molar-refractivity contribution in [3.63, 3.8) is 0 Å². The number of nitro benzene ring substituents is 1. The molecule has 0 unspecified atom stereocenters. The molecule has 3 aromatic carbocycles. The number of aromatic nitrogens is 4. The van der Waals surface area contributed by atoms with Crippen LogP contribution in [0.4, 0.5) is 10.5 Å². The number of esters is 1. The minimum absolute atomic E-state index is 0.0103. The van der Waals surface area contributed by atoms with E-state index in [0.717, 1.165) is 5.56 Å². The van der Waals surface area contributed by atoms with E-state index in [4.69, 9.17) is 14.2 Å². The predicted molar refractivity (Wildman–Crippen MR) is 123 cm³/mol. The maximum absolute atomic E-state index is 12.3. The van der Waals surface area contributed by atoms with Crippen molar-refractivity contribution in [2.75, 3.05) is 0 Å². The van der Waals surface area contributed by atoms with E-state index in [1.54, 1.807) is 12.1 Å². The van der Waals surface area contributed by atoms with Crippen LogP contribution in [0.25, 0.3) is 0 Å². The van der Waals surface area contributed by atoms with Crippen LogP contribution < -0.4 is 9.47 Å². The van der Waals surface area contributed by atoms with E-state index in [-0.39, 0.29) is 30.3 Å². The van der Waals surface area contributed by atoms with Crippen LogP contribution in [-0.4, -0.2) is 37.3 Å². The molecular weight excluding hydrogens is 470 g/mol. The van der Waals surface area contributed by atoms with Crippen molar-refractivity contribution in [1.82, 2.24) is 20.2 Å². The Morgan fingerprint density at radius 1 is 0.861 bits per heavy atom. The first-order valence-corrected chi connectivity index (χ1v) is 10.6. The lowest BCUT2D eigenvalue weighted by molar-refractivity contribution is -0.384. The van der Waals surface area contributed by atoms with Gasteiger partial charge in [-0.15, -0.1) is 5.10 Å². The number of hydrogen-bond acceptors (Lipinski definition) is 10. The number of rotatable bonds is 9. The molecule has 0 aliphatic rings. The first-order chi connectivity index (χ1) is 17.5. The fraction of sp³-hybridized carbons (Fsp3) is 0.125. The van der Waals surface area contributed by atoms with Crippen LogP contribution in [0.15, 0.2) is 78.9 Å². The van der Waals surface area contributed by atoms with Crippen molar-refractivity contribution in [3.8, 4) is 11.5 Å². The maximum atomic E-state index is 12.3. The van der Waals surface area contributed by atoms with Gasteiger partial charge in [-0.1, -0.05) is 42.5 Å². The molecule has 182 valence electrons. The summed E-state index contributed by atoms with van der Waals surface area (Å²) >= 11 is 0. The Morgan fingerprint density at radius 2 is 1.50 bits per heavy atom. The first-order valence-electron chi connectivity index (χ1n) is 10.6. The van der Waals surface area contributed by atoms with E-state index in [1.807, 2.05) is 30.3 Å². The van der Waals surface area contributed by atoms with E-state index < -0.39 is 17.0 Å². The summed E-state index contributed by atoms with van der Waals surface area (Å²) in [6.45, 7) is -0.121. The third kappa shape index (κ3) is 6.70. The monoisotopic (exact) mass is 489 g/mol. The smallest absolute Gasteiger partial charge is 0.442 e. The lowest BCUT2D eigenvalue weighted by Crippen LogP contribution is -2.15. The number of ether oxygens (including phenoxy) is 3. The Labute approximate surface area is 204 Å². The molecular formula is C24H19N5O7. The molecule has 12 heteroatoms. The lowest BCUT2D eigenvalue weighted by atomic mass is 10.1. The van der Waals surface area contributed by atoms with E-state index in [9.17, 15) is 19.7 Å². The zero-order chi connectivity index (χ0) is 25.3. The molecule has 4 aromatic rings. The predicted octanol–water partition coefficient (Wildman–Crippen LogP) is 3.49. The summed E-state index contributed by atoms with van der Waals surface area (Å²) in [6.07, 6.45) is -0.521. The second-order valence-electron chi connectivity index (χ2n) is 7.43. The van der Waals surface area contributed by atoms with Gasteiger partial charge in [-0.25, -0.2) is 4.79 Å². The summed E-state index contributed by atoms with van der Waals surface area (Å²) in [7, 11) is 0. The first kappa shape index (κ1) is 24.0. The minimum Gasteiger partial charge on any atom is -0.442 e. The van der Waals surface area contributed by atoms with Crippen molar-refractivity contribution < 1.29 is 28.7 Å². The van der Waals surface area contributed by atoms with Gasteiger partial charge in [0.05, 0.1) is 11.3 Å². The second-order valence-corrected chi connectivity index (χ2v) is 7.43. The van der Waals surface area contributed by atoms with E-state index in [1.165, 1.54) is 41.1 Å². The Hall–Kier alpha value is -5.13. The van der Waals surface area contributed by atoms with Gasteiger partial charge >= 0.3 is 12.1 Å². The molecule has 36 heavy (non-hydrogen) atoms. The number of nitrogens with zero attached hydrogens (tertiary/aromatic N) is 5. The third-order valence-corrected chi connectivity index (χ3v) is 4.88. The maximum Gasteiger partial charge on any atom is 0.519 e. The summed E-state index contributed by atoms with van der Waals surface area (Å²) in [6, 6.07) is 20.9. The lowest BCUT2D eigenvalue weighted by Gasteiger charge is -2.08. The zero-order valence-electron chi connectivity index (χ0n) is 18.7. The number of carbonyl (C=O) groups is 2. The molecule has 0 N–H and O–H groups in total. The summed E-state index contributed by atoms with van der Waals surface area (Å²) in [5, 5.41) is 22.2. The minimum atomic E-state index is -1.01. The highest BCUT2D eigenvalue weighted by Gasteiger charge is 2.13. The van der Waals surface area contributed by atoms with E-state index >= 15 is 0 Å². The third-order valence-electron chi connectivity index (χ3n) is 4.88. The summed E-state index contributed by atoms with van der Waals surface area (Å²) in [4.78, 5) is 34.3. The van der Waals surface area contributed by atoms with Crippen molar-refractivity contribution in [2.45, 2.75) is 19.6 Å². The van der Waals surface area contributed by atoms with Gasteiger partial charge < -0.3 is 14.2 Å². The molecule has 0 spiro atoms. The SMILES string of the molecule is O=C(Cc1ccc(OC(=O)Oc2ccc([N+](=O)[O-])cc2)cc1)OCn1nnnc1Cc1ccccc1. The Morgan fingerprint density at radius 3 is 2.14 bits per heavy atom. The number of carbonyl (C=O) groups excluding carboxylic acids is 2. The molecule has 0 radical (unpaired) electrons. The Balaban J connectivity index is 1.24. The number of nitro groups is 1. The molecule has 12 nitrogen and oxygen atoms in total. The molecule has 0 saturated heterocycles. The average Bonchev–Trinajstić information content (AvgIpc) is 3.31. The molecule has 0 aliphatic heterocycles. The number of non-ortho nitro benzene ring substituents is 1. The topological polar surface area (TPSA) is 149 Å². The molecule has 1 aromatic heterocycles. The zero-order valence-corrected chi connectivity index (χ0v) is 18.7. The molecule has 0 amide bonds. The molecule has 4 rings (SSSR count). The number of tetrazole rings is 1. The van der Waals surface area contributed by atoms with Crippen LogP contribution >= 0.6 is 0 Å². The highest BCUT2D eigenvalue weighted by molar-refractivity contribution is 5.72. The van der Waals surface area contributed by atoms with Crippen molar-refractivity contribution >= 4 is 17.8 Å². The van der Waals surface area contributed by atoms with Crippen molar-refractivity contribution in [3.05, 3.63) is 106 Å². The molecule has 0 aliphatic carbocycles. The highest BCUT2D eigenvalue weighted by Crippen LogP contribution is 2.19. The summed E-state index contributed by atoms with van der Waals surface area (Å²) < 4.78 is 16.8. The van der Waals surface area contributed by atoms with Gasteiger partial charge in [0, 0.05) is 18.6 Å². The summed E-state index contributed by atoms with van der Waals surface area (Å²) in [5.41, 5.74) is 1.53. The van der Waals surface area contributed by atoms with Gasteiger partial charge in [0.2, 0.25) is 0 Å². The fourth-order valence-electron chi connectivity index (χ4n) is 3.10. The molecule has 0 fully saturated rings. The molecule has 0 saturated carbocycles. The fourth-order valence-corrected chi connectivity index (χ4v) is 3.10. The van der Waals surface area contributed by atoms with Crippen LogP contribution in [0.1, 0.15) is 17.0 Å².